The lowest BCUT2D eigenvalue weighted by Crippen LogP contribution is -2.58. The Morgan fingerprint density at radius 1 is 1.17 bits per heavy atom. The smallest absolute Gasteiger partial charge is 0.408 e. The molecule has 0 bridgehead atoms. The van der Waals surface area contributed by atoms with E-state index in [0.29, 0.717) is 25.3 Å². The van der Waals surface area contributed by atoms with Gasteiger partial charge < -0.3 is 34.3 Å². The van der Waals surface area contributed by atoms with Gasteiger partial charge in [0.15, 0.2) is 11.5 Å². The fraction of sp³-hybridized carbons (Fsp3) is 0.562. The number of benzene rings is 2. The van der Waals surface area contributed by atoms with E-state index in [-0.39, 0.29) is 42.1 Å². The Labute approximate surface area is 242 Å². The fourth-order valence-corrected chi connectivity index (χ4v) is 6.39. The Balaban J connectivity index is 1.33. The molecule has 5 atom stereocenters. The highest BCUT2D eigenvalue weighted by atomic mass is 16.6. The molecule has 3 heterocycles. The second-order valence-corrected chi connectivity index (χ2v) is 12.9. The highest BCUT2D eigenvalue weighted by molar-refractivity contribution is 5.86. The number of phenols is 1. The van der Waals surface area contributed by atoms with Crippen molar-refractivity contribution in [2.24, 2.45) is 11.8 Å². The van der Waals surface area contributed by atoms with Crippen LogP contribution in [-0.4, -0.2) is 65.6 Å². The molecule has 0 spiro atoms. The number of ether oxygens (including phenoxy) is 4. The van der Waals surface area contributed by atoms with Crippen LogP contribution in [-0.2, 0) is 20.7 Å². The fourth-order valence-electron chi connectivity index (χ4n) is 6.39. The van der Waals surface area contributed by atoms with Crippen LogP contribution in [0.3, 0.4) is 0 Å². The molecule has 0 aliphatic carbocycles. The Hall–Kier alpha value is -3.46. The lowest BCUT2D eigenvalue weighted by molar-refractivity contribution is -0.189. The highest BCUT2D eigenvalue weighted by Gasteiger charge is 2.52. The standard InChI is InChI=1S/C32H42N2O7/c1-31(2,3)41-30(37)33-24(16-19-10-12-21(35)13-11-19)29(36)34-15-14-25-20(18-34)17-23-27(39-25)22-8-7-9-26(38-6)28(22)40-32(23,4)5/h7-13,20,23-25,27,35H,14-18H2,1-6H3,(H,33,37)/t20-,23+,24-,25+,27-/m0/s1. The molecule has 2 saturated heterocycles. The summed E-state index contributed by atoms with van der Waals surface area (Å²) < 4.78 is 24.3. The number of aromatic hydroxyl groups is 1. The van der Waals surface area contributed by atoms with Crippen LogP contribution >= 0.6 is 0 Å². The maximum atomic E-state index is 13.9. The molecule has 2 N–H and O–H groups in total. The summed E-state index contributed by atoms with van der Waals surface area (Å²) in [5, 5.41) is 12.5. The normalized spacial score (nSPS) is 25.5. The van der Waals surface area contributed by atoms with Crippen molar-refractivity contribution in [3.63, 3.8) is 0 Å². The summed E-state index contributed by atoms with van der Waals surface area (Å²) in [5.41, 5.74) is 0.665. The minimum absolute atomic E-state index is 0.0163. The van der Waals surface area contributed by atoms with Crippen LogP contribution in [0.5, 0.6) is 17.2 Å². The summed E-state index contributed by atoms with van der Waals surface area (Å²) in [6.45, 7) is 10.6. The third kappa shape index (κ3) is 6.25. The van der Waals surface area contributed by atoms with Crippen molar-refractivity contribution < 1.29 is 33.6 Å². The third-order valence-electron chi connectivity index (χ3n) is 8.38. The van der Waals surface area contributed by atoms with E-state index >= 15 is 0 Å². The van der Waals surface area contributed by atoms with Crippen LogP contribution in [0.2, 0.25) is 0 Å². The molecule has 2 aromatic carbocycles. The van der Waals surface area contributed by atoms with E-state index in [1.54, 1.807) is 52.1 Å². The molecule has 3 aliphatic rings. The molecule has 0 aromatic heterocycles. The average Bonchev–Trinajstić information content (AvgIpc) is 2.91. The molecule has 5 rings (SSSR count). The maximum absolute atomic E-state index is 13.9. The van der Waals surface area contributed by atoms with Crippen molar-refractivity contribution in [1.82, 2.24) is 10.2 Å². The number of phenolic OH excluding ortho intramolecular Hbond substituents is 1. The number of hydrogen-bond acceptors (Lipinski definition) is 7. The largest absolute Gasteiger partial charge is 0.508 e. The van der Waals surface area contributed by atoms with Crippen LogP contribution in [0.15, 0.2) is 42.5 Å². The van der Waals surface area contributed by atoms with Gasteiger partial charge in [-0.1, -0.05) is 24.3 Å². The van der Waals surface area contributed by atoms with Crippen molar-refractivity contribution in [3.8, 4) is 17.2 Å². The number of hydrogen-bond donors (Lipinski definition) is 2. The minimum atomic E-state index is -0.808. The molecule has 2 fully saturated rings. The van der Waals surface area contributed by atoms with E-state index < -0.39 is 23.3 Å². The summed E-state index contributed by atoms with van der Waals surface area (Å²) >= 11 is 0. The number of piperidine rings is 1. The number of para-hydroxylation sites is 1. The second-order valence-electron chi connectivity index (χ2n) is 12.9. The van der Waals surface area contributed by atoms with Crippen molar-refractivity contribution in [2.75, 3.05) is 20.2 Å². The summed E-state index contributed by atoms with van der Waals surface area (Å²) in [4.78, 5) is 28.5. The van der Waals surface area contributed by atoms with Crippen molar-refractivity contribution in [1.29, 1.82) is 0 Å². The first-order valence-corrected chi connectivity index (χ1v) is 14.4. The first-order valence-electron chi connectivity index (χ1n) is 14.4. The summed E-state index contributed by atoms with van der Waals surface area (Å²) in [6.07, 6.45) is 1.11. The van der Waals surface area contributed by atoms with E-state index in [1.807, 2.05) is 17.0 Å². The molecule has 9 heteroatoms. The molecule has 3 aliphatic heterocycles. The zero-order valence-corrected chi connectivity index (χ0v) is 24.8. The monoisotopic (exact) mass is 566 g/mol. The van der Waals surface area contributed by atoms with Gasteiger partial charge in [0.1, 0.15) is 23.0 Å². The van der Waals surface area contributed by atoms with E-state index in [4.69, 9.17) is 18.9 Å². The van der Waals surface area contributed by atoms with Gasteiger partial charge in [-0.2, -0.15) is 0 Å². The minimum Gasteiger partial charge on any atom is -0.508 e. The topological polar surface area (TPSA) is 107 Å². The molecular formula is C32H42N2O7. The number of alkyl carbamates (subject to hydrolysis) is 1. The van der Waals surface area contributed by atoms with Crippen LogP contribution in [0.25, 0.3) is 0 Å². The molecule has 2 aromatic rings. The number of likely N-dealkylation sites (tertiary alicyclic amines) is 1. The number of fused-ring (bicyclic) bond motifs is 4. The number of carbonyl (C=O) groups excluding carboxylic acids is 2. The quantitative estimate of drug-likeness (QED) is 0.525. The molecule has 222 valence electrons. The number of nitrogens with one attached hydrogen (secondary N) is 1. The molecule has 0 unspecified atom stereocenters. The number of nitrogens with zero attached hydrogens (tertiary/aromatic N) is 1. The van der Waals surface area contributed by atoms with Crippen molar-refractivity contribution in [3.05, 3.63) is 53.6 Å². The van der Waals surface area contributed by atoms with Crippen LogP contribution in [0, 0.1) is 11.8 Å². The van der Waals surface area contributed by atoms with Crippen molar-refractivity contribution in [2.45, 2.75) is 83.3 Å². The highest BCUT2D eigenvalue weighted by Crippen LogP contribution is 2.55. The van der Waals surface area contributed by atoms with E-state index in [1.165, 1.54) is 0 Å². The van der Waals surface area contributed by atoms with E-state index in [2.05, 4.69) is 25.2 Å². The van der Waals surface area contributed by atoms with E-state index in [9.17, 15) is 14.7 Å². The van der Waals surface area contributed by atoms with Gasteiger partial charge in [0.2, 0.25) is 5.91 Å². The molecule has 2 amide bonds. The Morgan fingerprint density at radius 3 is 2.59 bits per heavy atom. The predicted molar refractivity (Wildman–Crippen MR) is 153 cm³/mol. The Morgan fingerprint density at radius 2 is 1.90 bits per heavy atom. The molecule has 0 saturated carbocycles. The Bertz CT molecular complexity index is 1270. The van der Waals surface area contributed by atoms with Crippen LogP contribution < -0.4 is 14.8 Å². The maximum Gasteiger partial charge on any atom is 0.408 e. The van der Waals surface area contributed by atoms with Gasteiger partial charge in [-0.3, -0.25) is 4.79 Å². The van der Waals surface area contributed by atoms with Crippen molar-refractivity contribution >= 4 is 12.0 Å². The van der Waals surface area contributed by atoms with Gasteiger partial charge >= 0.3 is 6.09 Å². The van der Waals surface area contributed by atoms with Gasteiger partial charge in [-0.15, -0.1) is 0 Å². The van der Waals surface area contributed by atoms with Gasteiger partial charge in [-0.25, -0.2) is 4.79 Å². The molecule has 9 nitrogen and oxygen atoms in total. The SMILES string of the molecule is COc1cccc2c1OC(C)(C)[C@@H]1C[C@H]3CN(C(=O)[C@H](Cc4ccc(O)cc4)NC(=O)OC(C)(C)C)CC[C@H]3O[C@@H]21. The molecular weight excluding hydrogens is 524 g/mol. The molecule has 0 radical (unpaired) electrons. The van der Waals surface area contributed by atoms with Gasteiger partial charge in [0.25, 0.3) is 0 Å². The number of methoxy groups -OCH3 is 1. The first kappa shape index (κ1) is 29.0. The number of rotatable bonds is 5. The van der Waals surface area contributed by atoms with Gasteiger partial charge in [0, 0.05) is 36.9 Å². The van der Waals surface area contributed by atoms with E-state index in [0.717, 1.165) is 23.3 Å². The second kappa shape index (κ2) is 11.1. The zero-order chi connectivity index (χ0) is 29.5. The molecule has 41 heavy (non-hydrogen) atoms. The average molecular weight is 567 g/mol. The lowest BCUT2D eigenvalue weighted by Gasteiger charge is -2.53. The van der Waals surface area contributed by atoms with Gasteiger partial charge in [-0.05, 0) is 71.2 Å². The van der Waals surface area contributed by atoms with Crippen LogP contribution in [0.4, 0.5) is 4.79 Å². The van der Waals surface area contributed by atoms with Crippen LogP contribution in [0.1, 0.15) is 64.7 Å². The summed E-state index contributed by atoms with van der Waals surface area (Å²) in [6, 6.07) is 11.8. The first-order chi connectivity index (χ1) is 19.3. The Kier molecular flexibility index (Phi) is 7.85. The summed E-state index contributed by atoms with van der Waals surface area (Å²) in [5.74, 6) is 1.68. The zero-order valence-electron chi connectivity index (χ0n) is 24.8. The predicted octanol–water partition coefficient (Wildman–Crippen LogP) is 5.00. The summed E-state index contributed by atoms with van der Waals surface area (Å²) in [7, 11) is 1.65. The third-order valence-corrected chi connectivity index (χ3v) is 8.38. The lowest BCUT2D eigenvalue weighted by atomic mass is 9.70. The number of amides is 2. The van der Waals surface area contributed by atoms with Gasteiger partial charge in [0.05, 0.1) is 19.3 Å². The number of carbonyl (C=O) groups is 2.